The molecule has 124 valence electrons. The minimum Gasteiger partial charge on any atom is -0.464 e. The molecule has 1 N–H and O–H groups in total. The smallest absolute Gasteiger partial charge is 0.332 e. The zero-order valence-corrected chi connectivity index (χ0v) is 14.8. The van der Waals surface area contributed by atoms with Crippen molar-refractivity contribution in [3.8, 4) is 0 Å². The number of rotatable bonds is 4. The molecule has 1 aliphatic carbocycles. The van der Waals surface area contributed by atoms with Gasteiger partial charge in [0.15, 0.2) is 0 Å². The van der Waals surface area contributed by atoms with Gasteiger partial charge in [-0.3, -0.25) is 4.79 Å². The first-order valence-corrected chi connectivity index (χ1v) is 8.52. The van der Waals surface area contributed by atoms with E-state index in [1.807, 2.05) is 24.3 Å². The summed E-state index contributed by atoms with van der Waals surface area (Å²) in [6, 6.07) is 11.2. The molecule has 0 unspecified atom stereocenters. The lowest BCUT2D eigenvalue weighted by molar-refractivity contribution is -0.150. The van der Waals surface area contributed by atoms with E-state index in [-0.39, 0.29) is 12.5 Å². The summed E-state index contributed by atoms with van der Waals surface area (Å²) >= 11 is 3.27. The van der Waals surface area contributed by atoms with Crippen molar-refractivity contribution in [2.75, 3.05) is 6.61 Å². The maximum Gasteiger partial charge on any atom is 0.332 e. The summed E-state index contributed by atoms with van der Waals surface area (Å²) in [6.07, 6.45) is 2.44. The molecule has 1 aromatic carbocycles. The average Bonchev–Trinajstić information content (AvgIpc) is 2.94. The van der Waals surface area contributed by atoms with E-state index in [0.29, 0.717) is 23.0 Å². The number of pyridine rings is 1. The number of amides is 1. The molecule has 3 rings (SSSR count). The molecular formula is C18H17BrN2O3. The molecule has 0 saturated heterocycles. The minimum absolute atomic E-state index is 0.267. The van der Waals surface area contributed by atoms with Crippen LogP contribution in [-0.4, -0.2) is 29.0 Å². The third-order valence-electron chi connectivity index (χ3n) is 4.13. The molecule has 0 spiro atoms. The molecule has 1 aliphatic rings. The van der Waals surface area contributed by atoms with Gasteiger partial charge in [-0.15, -0.1) is 0 Å². The van der Waals surface area contributed by atoms with E-state index in [0.717, 1.165) is 11.1 Å². The number of carbonyl (C=O) groups is 2. The van der Waals surface area contributed by atoms with E-state index < -0.39 is 11.5 Å². The third-order valence-corrected chi connectivity index (χ3v) is 4.76. The summed E-state index contributed by atoms with van der Waals surface area (Å²) in [5.74, 6) is -0.759. The van der Waals surface area contributed by atoms with E-state index in [4.69, 9.17) is 4.74 Å². The number of nitrogens with one attached hydrogen (secondary N) is 1. The minimum atomic E-state index is -1.08. The number of hydrogen-bond donors (Lipinski definition) is 1. The highest BCUT2D eigenvalue weighted by Gasteiger charge is 2.46. The largest absolute Gasteiger partial charge is 0.464 e. The van der Waals surface area contributed by atoms with Crippen LogP contribution < -0.4 is 5.32 Å². The molecule has 0 fully saturated rings. The fourth-order valence-electron chi connectivity index (χ4n) is 3.01. The van der Waals surface area contributed by atoms with Crippen molar-refractivity contribution >= 4 is 27.8 Å². The maximum atomic E-state index is 12.7. The summed E-state index contributed by atoms with van der Waals surface area (Å²) < 4.78 is 5.69. The summed E-state index contributed by atoms with van der Waals surface area (Å²) in [5.41, 5.74) is 1.41. The van der Waals surface area contributed by atoms with Crippen molar-refractivity contribution in [3.05, 3.63) is 63.9 Å². The number of aromatic nitrogens is 1. The topological polar surface area (TPSA) is 68.3 Å². The van der Waals surface area contributed by atoms with Gasteiger partial charge in [0.1, 0.15) is 10.1 Å². The normalized spacial score (nSPS) is 14.8. The number of esters is 1. The molecule has 5 nitrogen and oxygen atoms in total. The average molecular weight is 389 g/mol. The summed E-state index contributed by atoms with van der Waals surface area (Å²) in [7, 11) is 0. The van der Waals surface area contributed by atoms with Crippen molar-refractivity contribution in [1.29, 1.82) is 0 Å². The van der Waals surface area contributed by atoms with E-state index >= 15 is 0 Å². The highest BCUT2D eigenvalue weighted by Crippen LogP contribution is 2.32. The lowest BCUT2D eigenvalue weighted by Crippen LogP contribution is -2.56. The molecule has 0 bridgehead atoms. The number of ether oxygens (including phenoxy) is 1. The Morgan fingerprint density at radius 2 is 1.88 bits per heavy atom. The SMILES string of the molecule is CCOC(=O)C1(NC(=O)c2cccnc2Br)Cc2ccccc2C1. The highest BCUT2D eigenvalue weighted by molar-refractivity contribution is 9.10. The molecule has 2 aromatic rings. The van der Waals surface area contributed by atoms with Crippen LogP contribution in [0.15, 0.2) is 47.2 Å². The van der Waals surface area contributed by atoms with Crippen molar-refractivity contribution in [3.63, 3.8) is 0 Å². The Morgan fingerprint density at radius 3 is 2.46 bits per heavy atom. The van der Waals surface area contributed by atoms with E-state index in [1.165, 1.54) is 0 Å². The number of benzene rings is 1. The fraction of sp³-hybridized carbons (Fsp3) is 0.278. The van der Waals surface area contributed by atoms with Crippen molar-refractivity contribution in [2.45, 2.75) is 25.3 Å². The van der Waals surface area contributed by atoms with Gasteiger partial charge >= 0.3 is 5.97 Å². The molecule has 0 atom stereocenters. The first-order chi connectivity index (χ1) is 11.6. The fourth-order valence-corrected chi connectivity index (χ4v) is 3.44. The Balaban J connectivity index is 1.92. The Kier molecular flexibility index (Phi) is 4.66. The molecule has 24 heavy (non-hydrogen) atoms. The second-order valence-electron chi connectivity index (χ2n) is 5.72. The van der Waals surface area contributed by atoms with Crippen molar-refractivity contribution < 1.29 is 14.3 Å². The molecule has 0 aliphatic heterocycles. The van der Waals surface area contributed by atoms with Crippen LogP contribution in [0.5, 0.6) is 0 Å². The van der Waals surface area contributed by atoms with Gasteiger partial charge in [0.25, 0.3) is 5.91 Å². The summed E-state index contributed by atoms with van der Waals surface area (Å²) in [6.45, 7) is 2.02. The van der Waals surface area contributed by atoms with Gasteiger partial charge in [-0.1, -0.05) is 24.3 Å². The number of carbonyl (C=O) groups excluding carboxylic acids is 2. The summed E-state index contributed by atoms with van der Waals surface area (Å²) in [4.78, 5) is 29.4. The molecule has 0 saturated carbocycles. The first-order valence-electron chi connectivity index (χ1n) is 7.73. The molecule has 1 amide bonds. The van der Waals surface area contributed by atoms with Gasteiger partial charge in [-0.25, -0.2) is 9.78 Å². The van der Waals surface area contributed by atoms with Crippen LogP contribution in [-0.2, 0) is 22.4 Å². The number of fused-ring (bicyclic) bond motifs is 1. The van der Waals surface area contributed by atoms with Crippen LogP contribution in [0.3, 0.4) is 0 Å². The molecule has 6 heteroatoms. The van der Waals surface area contributed by atoms with Gasteiger partial charge in [-0.05, 0) is 46.1 Å². The van der Waals surface area contributed by atoms with Crippen LogP contribution in [0.25, 0.3) is 0 Å². The van der Waals surface area contributed by atoms with Gasteiger partial charge in [-0.2, -0.15) is 0 Å². The lowest BCUT2D eigenvalue weighted by Gasteiger charge is -2.28. The zero-order valence-electron chi connectivity index (χ0n) is 13.2. The first kappa shape index (κ1) is 16.6. The van der Waals surface area contributed by atoms with E-state index in [9.17, 15) is 9.59 Å². The van der Waals surface area contributed by atoms with Crippen molar-refractivity contribution in [1.82, 2.24) is 10.3 Å². The van der Waals surface area contributed by atoms with Gasteiger partial charge in [0.05, 0.1) is 12.2 Å². The lowest BCUT2D eigenvalue weighted by atomic mass is 9.95. The van der Waals surface area contributed by atoms with E-state index in [1.54, 1.807) is 25.3 Å². The Bertz CT molecular complexity index is 766. The van der Waals surface area contributed by atoms with Crippen LogP contribution in [0, 0.1) is 0 Å². The van der Waals surface area contributed by atoms with Gasteiger partial charge in [0.2, 0.25) is 0 Å². The van der Waals surface area contributed by atoms with Gasteiger partial charge in [0, 0.05) is 19.0 Å². The second-order valence-corrected chi connectivity index (χ2v) is 6.47. The quantitative estimate of drug-likeness (QED) is 0.645. The Labute approximate surface area is 148 Å². The number of nitrogens with zero attached hydrogens (tertiary/aromatic N) is 1. The van der Waals surface area contributed by atoms with Crippen molar-refractivity contribution in [2.24, 2.45) is 0 Å². The monoisotopic (exact) mass is 388 g/mol. The van der Waals surface area contributed by atoms with Crippen LogP contribution in [0.4, 0.5) is 0 Å². The maximum absolute atomic E-state index is 12.7. The highest BCUT2D eigenvalue weighted by atomic mass is 79.9. The molecular weight excluding hydrogens is 372 g/mol. The van der Waals surface area contributed by atoms with Crippen LogP contribution in [0.2, 0.25) is 0 Å². The van der Waals surface area contributed by atoms with Gasteiger partial charge < -0.3 is 10.1 Å². The Hall–Kier alpha value is -2.21. The number of hydrogen-bond acceptors (Lipinski definition) is 4. The summed E-state index contributed by atoms with van der Waals surface area (Å²) in [5, 5.41) is 2.90. The predicted octanol–water partition coefficient (Wildman–Crippen LogP) is 2.67. The molecule has 1 aromatic heterocycles. The predicted molar refractivity (Wildman–Crippen MR) is 92.6 cm³/mol. The molecule has 1 heterocycles. The van der Waals surface area contributed by atoms with E-state index in [2.05, 4.69) is 26.2 Å². The molecule has 0 radical (unpaired) electrons. The van der Waals surface area contributed by atoms with Crippen LogP contribution >= 0.6 is 15.9 Å². The second kappa shape index (κ2) is 6.73. The zero-order chi connectivity index (χ0) is 17.2. The Morgan fingerprint density at radius 1 is 1.21 bits per heavy atom. The third kappa shape index (κ3) is 3.06. The number of halogens is 1. The standard InChI is InChI=1S/C18H17BrN2O3/c1-2-24-17(23)18(10-12-6-3-4-7-13(12)11-18)21-16(22)14-8-5-9-20-15(14)19/h3-9H,2,10-11H2,1H3,(H,21,22). The van der Waals surface area contributed by atoms with Crippen LogP contribution in [0.1, 0.15) is 28.4 Å².